The van der Waals surface area contributed by atoms with Crippen molar-refractivity contribution in [2.45, 2.75) is 17.7 Å². The van der Waals surface area contributed by atoms with Crippen LogP contribution in [0.4, 0.5) is 0 Å². The van der Waals surface area contributed by atoms with Gasteiger partial charge in [-0.1, -0.05) is 36.4 Å². The molecule has 2 N–H and O–H groups in total. The van der Waals surface area contributed by atoms with E-state index in [1.165, 1.54) is 6.07 Å². The summed E-state index contributed by atoms with van der Waals surface area (Å²) in [6.07, 6.45) is 1.71. The highest BCUT2D eigenvalue weighted by Gasteiger charge is 2.26. The van der Waals surface area contributed by atoms with Gasteiger partial charge in [-0.15, -0.1) is 6.58 Å². The fourth-order valence-electron chi connectivity index (χ4n) is 2.85. The average molecular weight is 384 g/mol. The highest BCUT2D eigenvalue weighted by atomic mass is 32.2. The summed E-state index contributed by atoms with van der Waals surface area (Å²) in [5, 5.41) is 9.64. The summed E-state index contributed by atoms with van der Waals surface area (Å²) in [7, 11) is -2.35. The summed E-state index contributed by atoms with van der Waals surface area (Å²) in [4.78, 5) is 0.0143. The molecular formula is C20H20N2O4S. The molecule has 140 valence electrons. The number of hydrogen-bond acceptors (Lipinski definition) is 5. The Labute approximate surface area is 158 Å². The summed E-state index contributed by atoms with van der Waals surface area (Å²) >= 11 is 0. The van der Waals surface area contributed by atoms with Crippen LogP contribution in [-0.2, 0) is 10.0 Å². The number of nitrogens with two attached hydrogens (primary N) is 1. The highest BCUT2D eigenvalue weighted by Crippen LogP contribution is 2.40. The molecule has 6 nitrogen and oxygen atoms in total. The van der Waals surface area contributed by atoms with Crippen molar-refractivity contribution in [1.29, 1.82) is 0 Å². The Morgan fingerprint density at radius 2 is 1.85 bits per heavy atom. The molecular weight excluding hydrogens is 364 g/mol. The van der Waals surface area contributed by atoms with Crippen LogP contribution in [0.2, 0.25) is 0 Å². The molecule has 1 aromatic heterocycles. The fraction of sp³-hybridized carbons (Fsp3) is 0.150. The third-order valence-corrected chi connectivity index (χ3v) is 5.28. The Morgan fingerprint density at radius 3 is 2.44 bits per heavy atom. The number of aromatic nitrogens is 1. The summed E-state index contributed by atoms with van der Waals surface area (Å²) in [6, 6.07) is 13.8. The first kappa shape index (κ1) is 18.9. The van der Waals surface area contributed by atoms with E-state index in [-0.39, 0.29) is 10.8 Å². The van der Waals surface area contributed by atoms with Gasteiger partial charge in [0.15, 0.2) is 5.76 Å². The molecule has 0 saturated heterocycles. The Balaban J connectivity index is 2.31. The van der Waals surface area contributed by atoms with Gasteiger partial charge < -0.3 is 9.26 Å². The van der Waals surface area contributed by atoms with Crippen molar-refractivity contribution in [1.82, 2.24) is 5.16 Å². The van der Waals surface area contributed by atoms with Gasteiger partial charge in [-0.25, -0.2) is 13.6 Å². The molecule has 1 atom stereocenters. The third-order valence-electron chi connectivity index (χ3n) is 4.31. The van der Waals surface area contributed by atoms with E-state index in [1.54, 1.807) is 43.5 Å². The predicted octanol–water partition coefficient (Wildman–Crippen LogP) is 3.95. The van der Waals surface area contributed by atoms with Crippen LogP contribution in [0.1, 0.15) is 18.6 Å². The number of methoxy groups -OCH3 is 1. The monoisotopic (exact) mass is 384 g/mol. The standard InChI is InChI=1S/C20H20N2O4S/c1-4-13(2)20-18(16-7-5-6-8-17(16)27(21,23)24)19(22-26-20)14-9-11-15(25-3)12-10-14/h4-13H,1H2,2-3H3,(H2,21,23,24). The highest BCUT2D eigenvalue weighted by molar-refractivity contribution is 7.89. The second-order valence-corrected chi connectivity index (χ2v) is 7.59. The first-order valence-corrected chi connectivity index (χ1v) is 9.80. The van der Waals surface area contributed by atoms with Gasteiger partial charge in [-0.05, 0) is 30.3 Å². The second kappa shape index (κ2) is 7.38. The van der Waals surface area contributed by atoms with E-state index in [9.17, 15) is 8.42 Å². The molecule has 0 bridgehead atoms. The lowest BCUT2D eigenvalue weighted by Gasteiger charge is -2.11. The van der Waals surface area contributed by atoms with Crippen LogP contribution in [-0.4, -0.2) is 20.7 Å². The third kappa shape index (κ3) is 3.65. The molecule has 0 saturated carbocycles. The van der Waals surface area contributed by atoms with Gasteiger partial charge in [0.25, 0.3) is 0 Å². The summed E-state index contributed by atoms with van der Waals surface area (Å²) in [5.74, 6) is 1.05. The maximum Gasteiger partial charge on any atom is 0.238 e. The summed E-state index contributed by atoms with van der Waals surface area (Å²) in [5.41, 5.74) is 2.31. The molecule has 0 aliphatic rings. The number of sulfonamides is 1. The molecule has 0 fully saturated rings. The van der Waals surface area contributed by atoms with Gasteiger partial charge in [0.1, 0.15) is 11.4 Å². The Kier molecular flexibility index (Phi) is 5.16. The van der Waals surface area contributed by atoms with E-state index in [1.807, 2.05) is 19.1 Å². The van der Waals surface area contributed by atoms with Crippen LogP contribution < -0.4 is 9.88 Å². The van der Waals surface area contributed by atoms with Gasteiger partial charge in [0, 0.05) is 17.0 Å². The van der Waals surface area contributed by atoms with E-state index in [0.29, 0.717) is 28.3 Å². The van der Waals surface area contributed by atoms with Crippen molar-refractivity contribution in [3.63, 3.8) is 0 Å². The van der Waals surface area contributed by atoms with Gasteiger partial charge >= 0.3 is 0 Å². The molecule has 0 radical (unpaired) electrons. The zero-order valence-corrected chi connectivity index (χ0v) is 15.9. The van der Waals surface area contributed by atoms with E-state index >= 15 is 0 Å². The molecule has 0 aliphatic heterocycles. The number of hydrogen-bond donors (Lipinski definition) is 1. The van der Waals surface area contributed by atoms with Crippen molar-refractivity contribution >= 4 is 10.0 Å². The largest absolute Gasteiger partial charge is 0.497 e. The van der Waals surface area contributed by atoms with Crippen LogP contribution in [0.5, 0.6) is 5.75 Å². The summed E-state index contributed by atoms with van der Waals surface area (Å²) in [6.45, 7) is 5.70. The number of nitrogens with zero attached hydrogens (tertiary/aromatic N) is 1. The Hall–Kier alpha value is -2.90. The fourth-order valence-corrected chi connectivity index (χ4v) is 3.59. The number of allylic oxidation sites excluding steroid dienone is 1. The molecule has 3 rings (SSSR count). The minimum Gasteiger partial charge on any atom is -0.497 e. The van der Waals surface area contributed by atoms with Gasteiger partial charge in [0.2, 0.25) is 10.0 Å². The van der Waals surface area contributed by atoms with Gasteiger partial charge in [-0.3, -0.25) is 0 Å². The quantitative estimate of drug-likeness (QED) is 0.649. The zero-order chi connectivity index (χ0) is 19.6. The number of benzene rings is 2. The minimum atomic E-state index is -3.93. The molecule has 3 aromatic rings. The molecule has 2 aromatic carbocycles. The van der Waals surface area contributed by atoms with E-state index in [4.69, 9.17) is 14.4 Å². The van der Waals surface area contributed by atoms with Crippen molar-refractivity contribution < 1.29 is 17.7 Å². The van der Waals surface area contributed by atoms with E-state index < -0.39 is 10.0 Å². The topological polar surface area (TPSA) is 95.4 Å². The lowest BCUT2D eigenvalue weighted by atomic mass is 9.94. The number of primary sulfonamides is 1. The Bertz CT molecular complexity index is 1070. The molecule has 0 amide bonds. The van der Waals surface area contributed by atoms with Crippen molar-refractivity contribution in [2.24, 2.45) is 5.14 Å². The molecule has 1 heterocycles. The molecule has 1 unspecified atom stereocenters. The average Bonchev–Trinajstić information content (AvgIpc) is 3.11. The normalized spacial score (nSPS) is 12.6. The second-order valence-electron chi connectivity index (χ2n) is 6.06. The van der Waals surface area contributed by atoms with Crippen molar-refractivity contribution in [3.8, 4) is 28.1 Å². The molecule has 0 aliphatic carbocycles. The zero-order valence-electron chi connectivity index (χ0n) is 15.0. The van der Waals surface area contributed by atoms with Crippen LogP contribution in [0, 0.1) is 0 Å². The maximum atomic E-state index is 12.1. The van der Waals surface area contributed by atoms with Crippen LogP contribution in [0.25, 0.3) is 22.4 Å². The van der Waals surface area contributed by atoms with Crippen LogP contribution in [0.15, 0.2) is 70.6 Å². The number of rotatable bonds is 6. The lowest BCUT2D eigenvalue weighted by Crippen LogP contribution is -2.13. The molecule has 27 heavy (non-hydrogen) atoms. The smallest absolute Gasteiger partial charge is 0.238 e. The first-order chi connectivity index (χ1) is 12.9. The van der Waals surface area contributed by atoms with Gasteiger partial charge in [0.05, 0.1) is 17.6 Å². The first-order valence-electron chi connectivity index (χ1n) is 8.25. The summed E-state index contributed by atoms with van der Waals surface area (Å²) < 4.78 is 35.0. The van der Waals surface area contributed by atoms with Crippen LogP contribution in [0.3, 0.4) is 0 Å². The maximum absolute atomic E-state index is 12.1. The molecule has 0 spiro atoms. The molecule has 7 heteroatoms. The van der Waals surface area contributed by atoms with Crippen molar-refractivity contribution in [3.05, 3.63) is 66.9 Å². The SMILES string of the molecule is C=CC(C)c1onc(-c2ccc(OC)cc2)c1-c1ccccc1S(N)(=O)=O. The van der Waals surface area contributed by atoms with Crippen LogP contribution >= 0.6 is 0 Å². The van der Waals surface area contributed by atoms with E-state index in [0.717, 1.165) is 5.56 Å². The number of ether oxygens (including phenoxy) is 1. The predicted molar refractivity (Wildman–Crippen MR) is 104 cm³/mol. The van der Waals surface area contributed by atoms with E-state index in [2.05, 4.69) is 11.7 Å². The van der Waals surface area contributed by atoms with Crippen molar-refractivity contribution in [2.75, 3.05) is 7.11 Å². The van der Waals surface area contributed by atoms with Gasteiger partial charge in [-0.2, -0.15) is 0 Å². The minimum absolute atomic E-state index is 0.0143. The lowest BCUT2D eigenvalue weighted by molar-refractivity contribution is 0.380. The Morgan fingerprint density at radius 1 is 1.19 bits per heavy atom.